The molecule has 0 aliphatic carbocycles. The van der Waals surface area contributed by atoms with E-state index in [2.05, 4.69) is 10.3 Å². The van der Waals surface area contributed by atoms with E-state index < -0.39 is 0 Å². The number of hydrogen-bond acceptors (Lipinski definition) is 4. The summed E-state index contributed by atoms with van der Waals surface area (Å²) in [5.41, 5.74) is 3.02. The number of aryl methyl sites for hydroxylation is 1. The van der Waals surface area contributed by atoms with Gasteiger partial charge >= 0.3 is 0 Å². The monoisotopic (exact) mass is 406 g/mol. The van der Waals surface area contributed by atoms with Crippen LogP contribution in [0, 0.1) is 6.92 Å². The number of rotatable bonds is 5. The molecule has 1 N–H and O–H groups in total. The van der Waals surface area contributed by atoms with Crippen molar-refractivity contribution in [3.8, 4) is 16.3 Å². The molecule has 0 atom stereocenters. The van der Waals surface area contributed by atoms with Crippen molar-refractivity contribution in [3.63, 3.8) is 0 Å². The smallest absolute Gasteiger partial charge is 0.230 e. The van der Waals surface area contributed by atoms with E-state index in [1.165, 1.54) is 11.3 Å². The normalized spacial score (nSPS) is 10.6. The molecule has 0 spiro atoms. The zero-order chi connectivity index (χ0) is 18.7. The molecule has 7 heteroatoms. The lowest BCUT2D eigenvalue weighted by atomic mass is 10.2. The van der Waals surface area contributed by atoms with E-state index in [1.807, 2.05) is 30.5 Å². The standard InChI is InChI=1S/C19H16Cl2N2O2S/c1-11-6-7-16(25-2)15(8-11)23-17(24)9-12-10-26-19(22-12)18-13(20)4-3-5-14(18)21/h3-8,10H,9H2,1-2H3,(H,23,24). The third kappa shape index (κ3) is 4.18. The fourth-order valence-corrected chi connectivity index (χ4v) is 4.06. The molecule has 0 saturated heterocycles. The van der Waals surface area contributed by atoms with Crippen LogP contribution in [0.25, 0.3) is 10.6 Å². The quantitative estimate of drug-likeness (QED) is 0.598. The van der Waals surface area contributed by atoms with Crippen LogP contribution < -0.4 is 10.1 Å². The summed E-state index contributed by atoms with van der Waals surface area (Å²) in [7, 11) is 1.57. The summed E-state index contributed by atoms with van der Waals surface area (Å²) in [5.74, 6) is 0.446. The first kappa shape index (κ1) is 18.7. The number of hydrogen-bond donors (Lipinski definition) is 1. The van der Waals surface area contributed by atoms with Crippen LogP contribution in [0.2, 0.25) is 10.0 Å². The van der Waals surface area contributed by atoms with Gasteiger partial charge in [-0.25, -0.2) is 4.98 Å². The Kier molecular flexibility index (Phi) is 5.81. The Morgan fingerprint density at radius 2 is 1.96 bits per heavy atom. The topological polar surface area (TPSA) is 51.2 Å². The predicted molar refractivity (Wildman–Crippen MR) is 108 cm³/mol. The molecule has 0 fully saturated rings. The molecule has 2 aromatic carbocycles. The second-order valence-electron chi connectivity index (χ2n) is 5.67. The van der Waals surface area contributed by atoms with Gasteiger partial charge in [0, 0.05) is 10.9 Å². The van der Waals surface area contributed by atoms with Crippen molar-refractivity contribution in [2.24, 2.45) is 0 Å². The summed E-state index contributed by atoms with van der Waals surface area (Å²) in [5, 5.41) is 6.47. The largest absolute Gasteiger partial charge is 0.495 e. The first-order valence-electron chi connectivity index (χ1n) is 7.81. The van der Waals surface area contributed by atoms with Crippen LogP contribution in [0.5, 0.6) is 5.75 Å². The van der Waals surface area contributed by atoms with Crippen LogP contribution in [0.4, 0.5) is 5.69 Å². The highest BCUT2D eigenvalue weighted by Gasteiger charge is 2.15. The number of aromatic nitrogens is 1. The van der Waals surface area contributed by atoms with Crippen LogP contribution in [-0.2, 0) is 11.2 Å². The number of nitrogens with one attached hydrogen (secondary N) is 1. The van der Waals surface area contributed by atoms with E-state index in [1.54, 1.807) is 25.3 Å². The van der Waals surface area contributed by atoms with E-state index in [0.29, 0.717) is 37.7 Å². The van der Waals surface area contributed by atoms with E-state index in [0.717, 1.165) is 5.56 Å². The number of carbonyl (C=O) groups excluding carboxylic acids is 1. The maximum absolute atomic E-state index is 12.4. The van der Waals surface area contributed by atoms with Gasteiger partial charge in [0.05, 0.1) is 35.0 Å². The number of anilines is 1. The molecule has 0 bridgehead atoms. The average Bonchev–Trinajstić information content (AvgIpc) is 3.02. The lowest BCUT2D eigenvalue weighted by Crippen LogP contribution is -2.15. The van der Waals surface area contributed by atoms with Gasteiger partial charge in [-0.05, 0) is 36.8 Å². The Labute approximate surface area is 165 Å². The molecule has 0 unspecified atom stereocenters. The van der Waals surface area contributed by atoms with Crippen LogP contribution >= 0.6 is 34.5 Å². The highest BCUT2D eigenvalue weighted by atomic mass is 35.5. The number of nitrogens with zero attached hydrogens (tertiary/aromatic N) is 1. The number of methoxy groups -OCH3 is 1. The number of thiazole rings is 1. The maximum atomic E-state index is 12.4. The van der Waals surface area contributed by atoms with Crippen LogP contribution in [0.15, 0.2) is 41.8 Å². The number of halogens is 2. The van der Waals surface area contributed by atoms with Crippen LogP contribution in [0.3, 0.4) is 0 Å². The number of amides is 1. The Morgan fingerprint density at radius 3 is 2.65 bits per heavy atom. The van der Waals surface area contributed by atoms with Crippen molar-refractivity contribution in [3.05, 3.63) is 63.1 Å². The minimum atomic E-state index is -0.170. The van der Waals surface area contributed by atoms with Gasteiger partial charge in [0.25, 0.3) is 0 Å². The highest BCUT2D eigenvalue weighted by Crippen LogP contribution is 2.36. The first-order chi connectivity index (χ1) is 12.5. The summed E-state index contributed by atoms with van der Waals surface area (Å²) in [4.78, 5) is 16.9. The lowest BCUT2D eigenvalue weighted by Gasteiger charge is -2.10. The van der Waals surface area contributed by atoms with Crippen LogP contribution in [-0.4, -0.2) is 18.0 Å². The summed E-state index contributed by atoms with van der Waals surface area (Å²) in [6.07, 6.45) is 0.148. The Morgan fingerprint density at radius 1 is 1.23 bits per heavy atom. The Balaban J connectivity index is 1.76. The molecule has 1 aromatic heterocycles. The van der Waals surface area contributed by atoms with Crippen molar-refractivity contribution >= 4 is 46.1 Å². The van der Waals surface area contributed by atoms with Gasteiger partial charge in [-0.2, -0.15) is 0 Å². The molecule has 0 aliphatic heterocycles. The first-order valence-corrected chi connectivity index (χ1v) is 9.44. The second-order valence-corrected chi connectivity index (χ2v) is 7.34. The van der Waals surface area contributed by atoms with E-state index in [-0.39, 0.29) is 12.3 Å². The third-order valence-electron chi connectivity index (χ3n) is 3.70. The molecule has 1 amide bonds. The average molecular weight is 407 g/mol. The zero-order valence-corrected chi connectivity index (χ0v) is 16.5. The van der Waals surface area contributed by atoms with Crippen LogP contribution in [0.1, 0.15) is 11.3 Å². The van der Waals surface area contributed by atoms with Crippen molar-refractivity contribution in [2.75, 3.05) is 12.4 Å². The van der Waals surface area contributed by atoms with E-state index in [9.17, 15) is 4.79 Å². The highest BCUT2D eigenvalue weighted by molar-refractivity contribution is 7.13. The van der Waals surface area contributed by atoms with Crippen molar-refractivity contribution in [2.45, 2.75) is 13.3 Å². The minimum absolute atomic E-state index is 0.148. The molecule has 3 rings (SSSR count). The number of ether oxygens (including phenoxy) is 1. The minimum Gasteiger partial charge on any atom is -0.495 e. The summed E-state index contributed by atoms with van der Waals surface area (Å²) >= 11 is 13.9. The fourth-order valence-electron chi connectivity index (χ4n) is 2.48. The molecule has 26 heavy (non-hydrogen) atoms. The van der Waals surface area contributed by atoms with E-state index in [4.69, 9.17) is 27.9 Å². The van der Waals surface area contributed by atoms with E-state index >= 15 is 0 Å². The molecule has 1 heterocycles. The van der Waals surface area contributed by atoms with Crippen molar-refractivity contribution < 1.29 is 9.53 Å². The van der Waals surface area contributed by atoms with Gasteiger partial charge in [-0.1, -0.05) is 35.3 Å². The van der Waals surface area contributed by atoms with Gasteiger partial charge in [-0.15, -0.1) is 11.3 Å². The molecule has 3 aromatic rings. The molecule has 0 radical (unpaired) electrons. The summed E-state index contributed by atoms with van der Waals surface area (Å²) in [6, 6.07) is 10.9. The SMILES string of the molecule is COc1ccc(C)cc1NC(=O)Cc1csc(-c2c(Cl)cccc2Cl)n1. The molecule has 0 saturated carbocycles. The third-order valence-corrected chi connectivity index (χ3v) is 5.24. The number of benzene rings is 2. The van der Waals surface area contributed by atoms with Crippen molar-refractivity contribution in [1.82, 2.24) is 4.98 Å². The lowest BCUT2D eigenvalue weighted by molar-refractivity contribution is -0.115. The zero-order valence-electron chi connectivity index (χ0n) is 14.2. The van der Waals surface area contributed by atoms with Gasteiger partial charge < -0.3 is 10.1 Å². The molecular weight excluding hydrogens is 391 g/mol. The molecule has 4 nitrogen and oxygen atoms in total. The fraction of sp³-hybridized carbons (Fsp3) is 0.158. The number of carbonyl (C=O) groups is 1. The molecule has 0 aliphatic rings. The molecule has 134 valence electrons. The van der Waals surface area contributed by atoms with Gasteiger partial charge in [0.2, 0.25) is 5.91 Å². The Hall–Kier alpha value is -2.08. The van der Waals surface area contributed by atoms with Gasteiger partial charge in [0.15, 0.2) is 0 Å². The maximum Gasteiger partial charge on any atom is 0.230 e. The molecular formula is C19H16Cl2N2O2S. The summed E-state index contributed by atoms with van der Waals surface area (Å²) in [6.45, 7) is 1.95. The van der Waals surface area contributed by atoms with Gasteiger partial charge in [0.1, 0.15) is 10.8 Å². The van der Waals surface area contributed by atoms with Gasteiger partial charge in [-0.3, -0.25) is 4.79 Å². The Bertz CT molecular complexity index is 936. The second kappa shape index (κ2) is 8.08. The van der Waals surface area contributed by atoms with Crippen molar-refractivity contribution in [1.29, 1.82) is 0 Å². The predicted octanol–water partition coefficient (Wildman–Crippen LogP) is 5.62. The summed E-state index contributed by atoms with van der Waals surface area (Å²) < 4.78 is 5.28.